The second-order valence-electron chi connectivity index (χ2n) is 8.57. The van der Waals surface area contributed by atoms with Gasteiger partial charge in [0.25, 0.3) is 0 Å². The lowest BCUT2D eigenvalue weighted by molar-refractivity contribution is 0.0600. The van der Waals surface area contributed by atoms with Crippen molar-refractivity contribution < 1.29 is 14.3 Å². The molecule has 0 aliphatic rings. The maximum atomic E-state index is 11.8. The van der Waals surface area contributed by atoms with Gasteiger partial charge < -0.3 is 14.8 Å². The maximum Gasteiger partial charge on any atom is 0.337 e. The van der Waals surface area contributed by atoms with Crippen LogP contribution < -0.4 is 10.1 Å². The van der Waals surface area contributed by atoms with Crippen molar-refractivity contribution >= 4 is 51.0 Å². The topological polar surface area (TPSA) is 60.5 Å². The van der Waals surface area contributed by atoms with Gasteiger partial charge in [-0.25, -0.2) is 4.79 Å². The molecule has 6 heteroatoms. The van der Waals surface area contributed by atoms with Crippen molar-refractivity contribution in [3.63, 3.8) is 0 Å². The molecule has 0 aliphatic carbocycles. The average Bonchev–Trinajstić information content (AvgIpc) is 2.95. The molecular formula is C31H25ClN2O3. The average molecular weight is 509 g/mol. The van der Waals surface area contributed by atoms with Gasteiger partial charge in [-0.3, -0.25) is 4.98 Å². The lowest BCUT2D eigenvalue weighted by atomic mass is 10.1. The van der Waals surface area contributed by atoms with Crippen LogP contribution in [0.4, 0.5) is 5.69 Å². The normalized spacial score (nSPS) is 11.5. The first-order valence-corrected chi connectivity index (χ1v) is 12.2. The number of esters is 1. The fourth-order valence-electron chi connectivity index (χ4n) is 4.13. The van der Waals surface area contributed by atoms with Crippen molar-refractivity contribution in [2.24, 2.45) is 0 Å². The van der Waals surface area contributed by atoms with E-state index in [9.17, 15) is 4.79 Å². The van der Waals surface area contributed by atoms with Crippen molar-refractivity contribution in [2.45, 2.75) is 0 Å². The van der Waals surface area contributed by atoms with Gasteiger partial charge in [-0.15, -0.1) is 0 Å². The molecule has 0 saturated carbocycles. The molecule has 0 saturated heterocycles. The van der Waals surface area contributed by atoms with Crippen molar-refractivity contribution in [3.05, 3.63) is 119 Å². The van der Waals surface area contributed by atoms with Crippen molar-refractivity contribution in [1.29, 1.82) is 0 Å². The molecule has 37 heavy (non-hydrogen) atoms. The first-order chi connectivity index (χ1) is 18.1. The molecule has 0 amide bonds. The highest BCUT2D eigenvalue weighted by atomic mass is 35.5. The number of para-hydroxylation sites is 1. The van der Waals surface area contributed by atoms with E-state index in [-0.39, 0.29) is 5.97 Å². The highest BCUT2D eigenvalue weighted by molar-refractivity contribution is 6.35. The summed E-state index contributed by atoms with van der Waals surface area (Å²) in [7, 11) is 1.37. The highest BCUT2D eigenvalue weighted by Gasteiger charge is 2.09. The molecule has 5 aromatic rings. The number of aromatic nitrogens is 1. The number of anilines is 1. The van der Waals surface area contributed by atoms with Crippen molar-refractivity contribution in [1.82, 2.24) is 4.98 Å². The summed E-state index contributed by atoms with van der Waals surface area (Å²) in [5, 5.41) is 7.14. The zero-order chi connectivity index (χ0) is 25.6. The van der Waals surface area contributed by atoms with Gasteiger partial charge in [-0.1, -0.05) is 72.3 Å². The number of ether oxygens (including phenoxy) is 2. The number of hydrogen-bond donors (Lipinski definition) is 1. The summed E-state index contributed by atoms with van der Waals surface area (Å²) in [5.74, 6) is 0.401. The van der Waals surface area contributed by atoms with Gasteiger partial charge in [0.05, 0.1) is 30.1 Å². The van der Waals surface area contributed by atoms with Gasteiger partial charge in [0.15, 0.2) is 0 Å². The van der Waals surface area contributed by atoms with Gasteiger partial charge in [-0.05, 0) is 47.5 Å². The largest absolute Gasteiger partial charge is 0.489 e. The third-order valence-corrected chi connectivity index (χ3v) is 6.39. The Hall–Kier alpha value is -4.35. The van der Waals surface area contributed by atoms with Crippen molar-refractivity contribution in [2.75, 3.05) is 25.6 Å². The molecule has 5 rings (SSSR count). The highest BCUT2D eigenvalue weighted by Crippen LogP contribution is 2.31. The number of rotatable bonds is 8. The monoisotopic (exact) mass is 508 g/mol. The van der Waals surface area contributed by atoms with E-state index in [0.717, 1.165) is 44.2 Å². The Morgan fingerprint density at radius 2 is 1.70 bits per heavy atom. The number of halogens is 1. The van der Waals surface area contributed by atoms with Crippen LogP contribution in [0.2, 0.25) is 5.02 Å². The van der Waals surface area contributed by atoms with E-state index in [0.29, 0.717) is 23.7 Å². The minimum Gasteiger partial charge on any atom is -0.489 e. The maximum absolute atomic E-state index is 11.8. The van der Waals surface area contributed by atoms with Gasteiger partial charge >= 0.3 is 5.97 Å². The van der Waals surface area contributed by atoms with Crippen LogP contribution in [0.5, 0.6) is 5.75 Å². The standard InChI is InChI=1S/C31H25ClN2O3/c1-36-31(35)23-12-10-21(11-13-23)16-22(18-33-25-17-24-6-2-5-9-29(24)34-19-25)20-37-30-15-14-28(32)26-7-3-4-8-27(26)30/h2-17,19,33H,18,20H2,1H3. The number of hydrogen-bond acceptors (Lipinski definition) is 5. The van der Waals surface area contributed by atoms with Crippen molar-refractivity contribution in [3.8, 4) is 5.75 Å². The summed E-state index contributed by atoms with van der Waals surface area (Å²) >= 11 is 6.39. The van der Waals surface area contributed by atoms with E-state index in [4.69, 9.17) is 21.1 Å². The summed E-state index contributed by atoms with van der Waals surface area (Å²) in [6.45, 7) is 0.905. The molecule has 0 aliphatic heterocycles. The van der Waals surface area contributed by atoms with Gasteiger partial charge in [0.1, 0.15) is 12.4 Å². The second-order valence-corrected chi connectivity index (χ2v) is 8.97. The van der Waals surface area contributed by atoms with Gasteiger partial charge in [0.2, 0.25) is 0 Å². The molecule has 1 aromatic heterocycles. The van der Waals surface area contributed by atoms with Gasteiger partial charge in [0, 0.05) is 27.7 Å². The van der Waals surface area contributed by atoms with E-state index in [1.54, 1.807) is 12.1 Å². The quantitative estimate of drug-likeness (QED) is 0.221. The zero-order valence-corrected chi connectivity index (χ0v) is 21.0. The lowest BCUT2D eigenvalue weighted by Gasteiger charge is -2.15. The Balaban J connectivity index is 1.40. The molecule has 0 atom stereocenters. The number of benzene rings is 4. The number of carbonyl (C=O) groups is 1. The number of pyridine rings is 1. The van der Waals surface area contributed by atoms with E-state index in [1.807, 2.05) is 79.0 Å². The molecule has 1 N–H and O–H groups in total. The van der Waals surface area contributed by atoms with E-state index in [2.05, 4.69) is 22.4 Å². The third kappa shape index (κ3) is 5.74. The lowest BCUT2D eigenvalue weighted by Crippen LogP contribution is -2.12. The van der Waals surface area contributed by atoms with Crippen LogP contribution in [0.3, 0.4) is 0 Å². The fraction of sp³-hybridized carbons (Fsp3) is 0.0968. The molecule has 5 nitrogen and oxygen atoms in total. The van der Waals surface area contributed by atoms with Crippen LogP contribution in [0.15, 0.2) is 103 Å². The minimum atomic E-state index is -0.362. The molecule has 0 radical (unpaired) electrons. The van der Waals surface area contributed by atoms with Crippen LogP contribution in [0.25, 0.3) is 27.8 Å². The summed E-state index contributed by atoms with van der Waals surface area (Å²) in [6.07, 6.45) is 3.89. The SMILES string of the molecule is COC(=O)c1ccc(C=C(CNc2cnc3ccccc3c2)COc2ccc(Cl)c3ccccc23)cc1. The molecule has 0 fully saturated rings. The van der Waals surface area contributed by atoms with E-state index >= 15 is 0 Å². The predicted molar refractivity (Wildman–Crippen MR) is 150 cm³/mol. The summed E-state index contributed by atoms with van der Waals surface area (Å²) in [4.78, 5) is 16.4. The smallest absolute Gasteiger partial charge is 0.337 e. The summed E-state index contributed by atoms with van der Waals surface area (Å²) in [6, 6.07) is 29.1. The third-order valence-electron chi connectivity index (χ3n) is 6.06. The van der Waals surface area contributed by atoms with Crippen LogP contribution in [-0.2, 0) is 4.74 Å². The first kappa shape index (κ1) is 24.3. The molecule has 1 heterocycles. The Bertz CT molecular complexity index is 1600. The first-order valence-electron chi connectivity index (χ1n) is 11.9. The van der Waals surface area contributed by atoms with Gasteiger partial charge in [-0.2, -0.15) is 0 Å². The Morgan fingerprint density at radius 3 is 2.51 bits per heavy atom. The number of fused-ring (bicyclic) bond motifs is 2. The summed E-state index contributed by atoms with van der Waals surface area (Å²) < 4.78 is 11.1. The van der Waals surface area contributed by atoms with E-state index in [1.165, 1.54) is 7.11 Å². The fourth-order valence-corrected chi connectivity index (χ4v) is 4.35. The zero-order valence-electron chi connectivity index (χ0n) is 20.3. The Kier molecular flexibility index (Phi) is 7.33. The molecule has 0 unspecified atom stereocenters. The van der Waals surface area contributed by atoms with Crippen LogP contribution in [0, 0.1) is 0 Å². The van der Waals surface area contributed by atoms with Crippen LogP contribution in [-0.4, -0.2) is 31.2 Å². The molecule has 4 aromatic carbocycles. The minimum absolute atomic E-state index is 0.360. The van der Waals surface area contributed by atoms with Crippen LogP contribution >= 0.6 is 11.6 Å². The van der Waals surface area contributed by atoms with Crippen LogP contribution in [0.1, 0.15) is 15.9 Å². The molecule has 0 bridgehead atoms. The number of carbonyl (C=O) groups excluding carboxylic acids is 1. The second kappa shape index (κ2) is 11.1. The number of nitrogens with zero attached hydrogens (tertiary/aromatic N) is 1. The number of nitrogens with one attached hydrogen (secondary N) is 1. The Morgan fingerprint density at radius 1 is 0.946 bits per heavy atom. The van der Waals surface area contributed by atoms with E-state index < -0.39 is 0 Å². The molecule has 184 valence electrons. The predicted octanol–water partition coefficient (Wildman–Crippen LogP) is 7.40. The molecular weight excluding hydrogens is 484 g/mol. The summed E-state index contributed by atoms with van der Waals surface area (Å²) in [5.41, 5.74) is 4.34. The number of methoxy groups -OCH3 is 1. The Labute approximate surface area is 220 Å². The molecule has 0 spiro atoms.